The molecule has 0 atom stereocenters. The van der Waals surface area contributed by atoms with Crippen molar-refractivity contribution in [1.29, 1.82) is 0 Å². The van der Waals surface area contributed by atoms with E-state index in [2.05, 4.69) is 6.58 Å². The second-order valence-electron chi connectivity index (χ2n) is 4.78. The van der Waals surface area contributed by atoms with Crippen LogP contribution in [0.4, 0.5) is 0 Å². The van der Waals surface area contributed by atoms with Crippen molar-refractivity contribution >= 4 is 17.5 Å². The van der Waals surface area contributed by atoms with Gasteiger partial charge < -0.3 is 9.64 Å². The number of ether oxygens (including phenoxy) is 1. The lowest BCUT2D eigenvalue weighted by Gasteiger charge is -2.30. The fraction of sp³-hybridized carbons (Fsp3) is 0.400. The largest absolute Gasteiger partial charge is 0.369 e. The Morgan fingerprint density at radius 2 is 2.11 bits per heavy atom. The van der Waals surface area contributed by atoms with Crippen molar-refractivity contribution < 1.29 is 9.53 Å². The zero-order valence-electron chi connectivity index (χ0n) is 11.6. The van der Waals surface area contributed by atoms with Crippen LogP contribution in [0.3, 0.4) is 0 Å². The minimum Gasteiger partial charge on any atom is -0.369 e. The minimum absolute atomic E-state index is 0.0881. The van der Waals surface area contributed by atoms with E-state index in [1.54, 1.807) is 24.8 Å². The van der Waals surface area contributed by atoms with Gasteiger partial charge in [0.1, 0.15) is 5.60 Å². The van der Waals surface area contributed by atoms with Gasteiger partial charge in [0.2, 0.25) is 0 Å². The highest BCUT2D eigenvalue weighted by molar-refractivity contribution is 6.31. The van der Waals surface area contributed by atoms with Crippen molar-refractivity contribution in [3.05, 3.63) is 47.5 Å². The fourth-order valence-corrected chi connectivity index (χ4v) is 1.87. The summed E-state index contributed by atoms with van der Waals surface area (Å²) >= 11 is 6.13. The van der Waals surface area contributed by atoms with Gasteiger partial charge in [-0.2, -0.15) is 0 Å². The Morgan fingerprint density at radius 3 is 2.63 bits per heavy atom. The van der Waals surface area contributed by atoms with Crippen molar-refractivity contribution in [2.24, 2.45) is 0 Å². The average molecular weight is 282 g/mol. The Hall–Kier alpha value is -1.32. The first-order valence-electron chi connectivity index (χ1n) is 6.11. The van der Waals surface area contributed by atoms with Crippen LogP contribution in [0.5, 0.6) is 0 Å². The van der Waals surface area contributed by atoms with E-state index in [-0.39, 0.29) is 5.91 Å². The molecule has 1 aromatic rings. The van der Waals surface area contributed by atoms with Gasteiger partial charge in [-0.3, -0.25) is 4.79 Å². The summed E-state index contributed by atoms with van der Waals surface area (Å²) in [7, 11) is 1.53. The molecule has 1 rings (SSSR count). The summed E-state index contributed by atoms with van der Waals surface area (Å²) < 4.78 is 5.24. The molecule has 0 saturated heterocycles. The number of hydrogen-bond donors (Lipinski definition) is 0. The highest BCUT2D eigenvalue weighted by atomic mass is 35.5. The van der Waals surface area contributed by atoms with E-state index in [0.29, 0.717) is 18.1 Å². The Kier molecular flexibility index (Phi) is 5.58. The van der Waals surface area contributed by atoms with E-state index < -0.39 is 5.60 Å². The third-order valence-electron chi connectivity index (χ3n) is 2.98. The molecule has 0 unspecified atom stereocenters. The lowest BCUT2D eigenvalue weighted by Crippen LogP contribution is -2.46. The van der Waals surface area contributed by atoms with Crippen LogP contribution in [-0.4, -0.2) is 30.1 Å². The summed E-state index contributed by atoms with van der Waals surface area (Å²) in [6.07, 6.45) is 1.69. The van der Waals surface area contributed by atoms with Gasteiger partial charge in [-0.25, -0.2) is 0 Å². The summed E-state index contributed by atoms with van der Waals surface area (Å²) in [4.78, 5) is 14.1. The topological polar surface area (TPSA) is 29.5 Å². The molecule has 1 aromatic carbocycles. The minimum atomic E-state index is -0.857. The van der Waals surface area contributed by atoms with E-state index in [1.807, 2.05) is 24.3 Å². The van der Waals surface area contributed by atoms with Gasteiger partial charge in [-0.15, -0.1) is 6.58 Å². The number of rotatable bonds is 6. The monoisotopic (exact) mass is 281 g/mol. The van der Waals surface area contributed by atoms with Gasteiger partial charge >= 0.3 is 0 Å². The molecule has 0 aromatic heterocycles. The molecule has 1 amide bonds. The van der Waals surface area contributed by atoms with Gasteiger partial charge in [-0.1, -0.05) is 35.9 Å². The molecule has 0 aliphatic carbocycles. The number of carbonyl (C=O) groups is 1. The summed E-state index contributed by atoms with van der Waals surface area (Å²) in [5, 5.41) is 0.652. The quantitative estimate of drug-likeness (QED) is 0.749. The molecule has 0 N–H and O–H groups in total. The SMILES string of the molecule is C=CCN(Cc1ccccc1Cl)C(=O)C(C)(C)OC. The second kappa shape index (κ2) is 6.73. The number of carbonyl (C=O) groups excluding carboxylic acids is 1. The molecular weight excluding hydrogens is 262 g/mol. The van der Waals surface area contributed by atoms with E-state index in [1.165, 1.54) is 7.11 Å². The molecule has 4 heteroatoms. The zero-order valence-corrected chi connectivity index (χ0v) is 12.4. The maximum absolute atomic E-state index is 12.4. The Labute approximate surface area is 119 Å². The van der Waals surface area contributed by atoms with E-state index in [4.69, 9.17) is 16.3 Å². The van der Waals surface area contributed by atoms with Crippen molar-refractivity contribution in [2.75, 3.05) is 13.7 Å². The van der Waals surface area contributed by atoms with E-state index >= 15 is 0 Å². The molecule has 0 aliphatic heterocycles. The number of halogens is 1. The Bertz CT molecular complexity index is 457. The highest BCUT2D eigenvalue weighted by Crippen LogP contribution is 2.20. The molecule has 104 valence electrons. The predicted molar refractivity (Wildman–Crippen MR) is 78.2 cm³/mol. The van der Waals surface area contributed by atoms with Crippen LogP contribution in [0.15, 0.2) is 36.9 Å². The molecule has 0 heterocycles. The lowest BCUT2D eigenvalue weighted by atomic mass is 10.1. The maximum atomic E-state index is 12.4. The smallest absolute Gasteiger partial charge is 0.254 e. The summed E-state index contributed by atoms with van der Waals surface area (Å²) in [6.45, 7) is 8.08. The zero-order chi connectivity index (χ0) is 14.5. The van der Waals surface area contributed by atoms with Crippen LogP contribution < -0.4 is 0 Å². The summed E-state index contributed by atoms with van der Waals surface area (Å²) in [5.41, 5.74) is 0.0517. The van der Waals surface area contributed by atoms with Gasteiger partial charge in [0.15, 0.2) is 0 Å². The third-order valence-corrected chi connectivity index (χ3v) is 3.35. The molecule has 0 bridgehead atoms. The number of benzene rings is 1. The van der Waals surface area contributed by atoms with Gasteiger partial charge in [-0.05, 0) is 25.5 Å². The summed E-state index contributed by atoms with van der Waals surface area (Å²) in [5.74, 6) is -0.0881. The first kappa shape index (κ1) is 15.7. The van der Waals surface area contributed by atoms with Gasteiger partial charge in [0, 0.05) is 25.2 Å². The predicted octanol–water partition coefficient (Wildman–Crippen LogP) is 3.28. The number of methoxy groups -OCH3 is 1. The van der Waals surface area contributed by atoms with Crippen molar-refractivity contribution in [3.8, 4) is 0 Å². The van der Waals surface area contributed by atoms with E-state index in [9.17, 15) is 4.79 Å². The van der Waals surface area contributed by atoms with E-state index in [0.717, 1.165) is 5.56 Å². The van der Waals surface area contributed by atoms with Crippen LogP contribution in [0.1, 0.15) is 19.4 Å². The molecule has 0 aliphatic rings. The first-order chi connectivity index (χ1) is 8.92. The lowest BCUT2D eigenvalue weighted by molar-refractivity contribution is -0.151. The van der Waals surface area contributed by atoms with Crippen LogP contribution in [-0.2, 0) is 16.1 Å². The van der Waals surface area contributed by atoms with Crippen molar-refractivity contribution in [1.82, 2.24) is 4.90 Å². The van der Waals surface area contributed by atoms with Crippen molar-refractivity contribution in [3.63, 3.8) is 0 Å². The molecule has 0 fully saturated rings. The van der Waals surface area contributed by atoms with Crippen molar-refractivity contribution in [2.45, 2.75) is 26.0 Å². The highest BCUT2D eigenvalue weighted by Gasteiger charge is 2.31. The maximum Gasteiger partial charge on any atom is 0.254 e. The third kappa shape index (κ3) is 4.08. The molecule has 0 spiro atoms. The van der Waals surface area contributed by atoms with Crippen LogP contribution in [0.25, 0.3) is 0 Å². The molecule has 19 heavy (non-hydrogen) atoms. The standard InChI is InChI=1S/C15H20ClNO2/c1-5-10-17(14(18)15(2,3)19-4)11-12-8-6-7-9-13(12)16/h5-9H,1,10-11H2,2-4H3. The number of amides is 1. The first-order valence-corrected chi connectivity index (χ1v) is 6.49. The summed E-state index contributed by atoms with van der Waals surface area (Å²) in [6, 6.07) is 7.49. The van der Waals surface area contributed by atoms with Crippen LogP contribution in [0, 0.1) is 0 Å². The fourth-order valence-electron chi connectivity index (χ4n) is 1.68. The molecular formula is C15H20ClNO2. The van der Waals surface area contributed by atoms with Crippen LogP contribution >= 0.6 is 11.6 Å². The molecule has 0 radical (unpaired) electrons. The molecule has 0 saturated carbocycles. The van der Waals surface area contributed by atoms with Crippen LogP contribution in [0.2, 0.25) is 5.02 Å². The average Bonchev–Trinajstić information content (AvgIpc) is 2.39. The Morgan fingerprint density at radius 1 is 1.47 bits per heavy atom. The van der Waals surface area contributed by atoms with Gasteiger partial charge in [0.25, 0.3) is 5.91 Å². The normalized spacial score (nSPS) is 11.2. The Balaban J connectivity index is 2.93. The molecule has 3 nitrogen and oxygen atoms in total. The number of nitrogens with zero attached hydrogens (tertiary/aromatic N) is 1. The second-order valence-corrected chi connectivity index (χ2v) is 5.19. The van der Waals surface area contributed by atoms with Gasteiger partial charge in [0.05, 0.1) is 0 Å². The number of hydrogen-bond acceptors (Lipinski definition) is 2.